The number of anilines is 1. The third-order valence-electron chi connectivity index (χ3n) is 7.11. The Morgan fingerprint density at radius 2 is 1.30 bits per heavy atom. The molecule has 1 heterocycles. The van der Waals surface area contributed by atoms with Crippen LogP contribution < -0.4 is 10.6 Å². The summed E-state index contributed by atoms with van der Waals surface area (Å²) in [5, 5.41) is 16.9. The lowest BCUT2D eigenvalue weighted by atomic mass is 10.0. The first-order valence-electron chi connectivity index (χ1n) is 16.9. The lowest BCUT2D eigenvalue weighted by Gasteiger charge is -2.19. The lowest BCUT2D eigenvalue weighted by molar-refractivity contribution is 0.0139. The number of ether oxygens (including phenoxy) is 4. The van der Waals surface area contributed by atoms with Crippen LogP contribution in [0.5, 0.6) is 0 Å². The van der Waals surface area contributed by atoms with Gasteiger partial charge in [0.15, 0.2) is 5.16 Å². The molecule has 50 heavy (non-hydrogen) atoms. The number of hydrogen-bond donors (Lipinski definition) is 2. The van der Waals surface area contributed by atoms with Gasteiger partial charge in [0.2, 0.25) is 0 Å². The Morgan fingerprint density at radius 1 is 0.740 bits per heavy atom. The van der Waals surface area contributed by atoms with Crippen molar-refractivity contribution in [3.8, 4) is 28.5 Å². The van der Waals surface area contributed by atoms with Crippen molar-refractivity contribution in [1.82, 2.24) is 15.3 Å². The summed E-state index contributed by atoms with van der Waals surface area (Å²) in [5.74, 6) is 1.23. The largest absolute Gasteiger partial charge is 0.444 e. The lowest BCUT2D eigenvalue weighted by Crippen LogP contribution is -2.33. The van der Waals surface area contributed by atoms with Gasteiger partial charge in [0, 0.05) is 37.6 Å². The number of nitrogens with zero attached hydrogens (tertiary/aromatic N) is 3. The van der Waals surface area contributed by atoms with Gasteiger partial charge < -0.3 is 29.6 Å². The molecule has 4 rings (SSSR count). The van der Waals surface area contributed by atoms with Gasteiger partial charge in [-0.25, -0.2) is 14.8 Å². The van der Waals surface area contributed by atoms with Gasteiger partial charge in [0.25, 0.3) is 0 Å². The van der Waals surface area contributed by atoms with Crippen molar-refractivity contribution in [2.75, 3.05) is 58.0 Å². The maximum absolute atomic E-state index is 11.6. The smallest absolute Gasteiger partial charge is 0.407 e. The number of amides is 1. The van der Waals surface area contributed by atoms with Crippen LogP contribution in [0.25, 0.3) is 22.4 Å². The molecule has 0 saturated heterocycles. The average molecular weight is 698 g/mol. The molecule has 2 N–H and O–H groups in total. The summed E-state index contributed by atoms with van der Waals surface area (Å²) in [7, 11) is 0. The Kier molecular flexibility index (Phi) is 16.0. The Labute approximate surface area is 299 Å². The van der Waals surface area contributed by atoms with Crippen molar-refractivity contribution in [1.29, 1.82) is 5.26 Å². The van der Waals surface area contributed by atoms with Crippen LogP contribution in [0, 0.1) is 11.3 Å². The van der Waals surface area contributed by atoms with Gasteiger partial charge in [0.05, 0.1) is 32.1 Å². The van der Waals surface area contributed by atoms with Crippen LogP contribution in [0.2, 0.25) is 0 Å². The summed E-state index contributed by atoms with van der Waals surface area (Å²) in [4.78, 5) is 21.2. The molecule has 1 amide bonds. The SMILES string of the molecule is CC(C)(C)OC(=O)NCCCOCCOCCOCCCNc1nc(SCc2ccccc2)nc(-c2ccc(-c3ccccc3)cc2)c1C#N. The molecule has 1 aromatic heterocycles. The van der Waals surface area contributed by atoms with Crippen LogP contribution in [0.4, 0.5) is 10.6 Å². The molecule has 0 aliphatic carbocycles. The minimum atomic E-state index is -0.507. The number of nitrogens with one attached hydrogen (secondary N) is 2. The fourth-order valence-corrected chi connectivity index (χ4v) is 5.52. The van der Waals surface area contributed by atoms with Crippen LogP contribution in [0.15, 0.2) is 90.1 Å². The van der Waals surface area contributed by atoms with Gasteiger partial charge in [-0.15, -0.1) is 0 Å². The zero-order valence-electron chi connectivity index (χ0n) is 29.2. The van der Waals surface area contributed by atoms with Crippen LogP contribution >= 0.6 is 11.8 Å². The zero-order valence-corrected chi connectivity index (χ0v) is 30.0. The summed E-state index contributed by atoms with van der Waals surface area (Å²) in [6.07, 6.45) is 0.997. The van der Waals surface area contributed by atoms with E-state index in [1.165, 1.54) is 5.56 Å². The monoisotopic (exact) mass is 697 g/mol. The van der Waals surface area contributed by atoms with E-state index in [4.69, 9.17) is 28.9 Å². The highest BCUT2D eigenvalue weighted by Crippen LogP contribution is 2.31. The number of thioether (sulfide) groups is 1. The standard InChI is InChI=1S/C39H47N5O5S/c1-39(2,3)49-38(45)42-21-11-23-47-25-27-48-26-24-46-22-10-20-41-36-34(28-40)35(43-37(44-36)50-29-30-12-6-4-7-13-30)33-18-16-32(17-19-33)31-14-8-5-9-15-31/h4-9,12-19H,10-11,20-27,29H2,1-3H3,(H,42,45)(H,41,43,44). The van der Waals surface area contributed by atoms with E-state index < -0.39 is 11.7 Å². The second-order valence-corrected chi connectivity index (χ2v) is 13.3. The van der Waals surface area contributed by atoms with E-state index in [1.807, 2.05) is 69.3 Å². The molecule has 10 nitrogen and oxygen atoms in total. The second-order valence-electron chi connectivity index (χ2n) is 12.3. The van der Waals surface area contributed by atoms with Gasteiger partial charge in [0.1, 0.15) is 23.1 Å². The minimum absolute atomic E-state index is 0.414. The van der Waals surface area contributed by atoms with Gasteiger partial charge in [-0.1, -0.05) is 96.7 Å². The normalized spacial score (nSPS) is 11.2. The Bertz CT molecular complexity index is 1630. The number of carbonyl (C=O) groups is 1. The number of nitriles is 1. The third kappa shape index (κ3) is 13.8. The molecule has 0 unspecified atom stereocenters. The molecule has 0 spiro atoms. The highest BCUT2D eigenvalue weighted by molar-refractivity contribution is 7.98. The van der Waals surface area contributed by atoms with E-state index in [0.29, 0.717) is 87.1 Å². The van der Waals surface area contributed by atoms with Crippen molar-refractivity contribution in [2.24, 2.45) is 0 Å². The van der Waals surface area contributed by atoms with Crippen LogP contribution in [-0.4, -0.2) is 74.4 Å². The molecule has 0 bridgehead atoms. The van der Waals surface area contributed by atoms with Gasteiger partial charge in [-0.3, -0.25) is 0 Å². The Hall–Kier alpha value is -4.47. The maximum atomic E-state index is 11.6. The number of carbonyl (C=O) groups excluding carboxylic acids is 1. The Balaban J connectivity index is 1.20. The summed E-state index contributed by atoms with van der Waals surface area (Å²) in [6.45, 7) is 9.51. The van der Waals surface area contributed by atoms with E-state index in [0.717, 1.165) is 23.1 Å². The molecule has 3 aromatic carbocycles. The molecular formula is C39H47N5O5S. The Morgan fingerprint density at radius 3 is 1.92 bits per heavy atom. The molecule has 0 fully saturated rings. The first-order chi connectivity index (χ1) is 24.3. The second kappa shape index (κ2) is 20.9. The summed E-state index contributed by atoms with van der Waals surface area (Å²) < 4.78 is 22.1. The van der Waals surface area contributed by atoms with Crippen molar-refractivity contribution < 1.29 is 23.7 Å². The molecular weight excluding hydrogens is 651 g/mol. The third-order valence-corrected chi connectivity index (χ3v) is 8.03. The number of hydrogen-bond acceptors (Lipinski definition) is 10. The van der Waals surface area contributed by atoms with Gasteiger partial charge >= 0.3 is 6.09 Å². The van der Waals surface area contributed by atoms with Gasteiger partial charge in [-0.2, -0.15) is 5.26 Å². The number of benzene rings is 3. The summed E-state index contributed by atoms with van der Waals surface area (Å²) >= 11 is 1.54. The number of rotatable bonds is 20. The van der Waals surface area contributed by atoms with E-state index in [9.17, 15) is 10.1 Å². The molecule has 264 valence electrons. The van der Waals surface area contributed by atoms with E-state index in [1.54, 1.807) is 11.8 Å². The topological polar surface area (TPSA) is 128 Å². The molecule has 0 radical (unpaired) electrons. The van der Waals surface area contributed by atoms with Crippen LogP contribution in [0.1, 0.15) is 44.7 Å². The first-order valence-corrected chi connectivity index (χ1v) is 17.9. The number of alkyl carbamates (subject to hydrolysis) is 1. The van der Waals surface area contributed by atoms with E-state index in [-0.39, 0.29) is 0 Å². The predicted octanol–water partition coefficient (Wildman–Crippen LogP) is 7.74. The maximum Gasteiger partial charge on any atom is 0.407 e. The number of aromatic nitrogens is 2. The van der Waals surface area contributed by atoms with Crippen LogP contribution in [0.3, 0.4) is 0 Å². The van der Waals surface area contributed by atoms with Gasteiger partial charge in [-0.05, 0) is 50.3 Å². The molecule has 0 atom stereocenters. The van der Waals surface area contributed by atoms with Crippen LogP contribution in [-0.2, 0) is 24.7 Å². The van der Waals surface area contributed by atoms with Crippen molar-refractivity contribution in [3.05, 3.63) is 96.1 Å². The summed E-state index contributed by atoms with van der Waals surface area (Å²) in [5.41, 5.74) is 4.77. The van der Waals surface area contributed by atoms with Crippen molar-refractivity contribution in [3.63, 3.8) is 0 Å². The minimum Gasteiger partial charge on any atom is -0.444 e. The molecule has 4 aromatic rings. The molecule has 0 aliphatic rings. The highest BCUT2D eigenvalue weighted by atomic mass is 32.2. The van der Waals surface area contributed by atoms with Crippen molar-refractivity contribution >= 4 is 23.7 Å². The fraction of sp³-hybridized carbons (Fsp3) is 0.385. The fourth-order valence-electron chi connectivity index (χ4n) is 4.72. The average Bonchev–Trinajstić information content (AvgIpc) is 3.12. The quantitative estimate of drug-likeness (QED) is 0.0538. The van der Waals surface area contributed by atoms with E-state index in [2.05, 4.69) is 53.1 Å². The predicted molar refractivity (Wildman–Crippen MR) is 198 cm³/mol. The van der Waals surface area contributed by atoms with Crippen molar-refractivity contribution in [2.45, 2.75) is 50.1 Å². The molecule has 0 aliphatic heterocycles. The summed E-state index contributed by atoms with van der Waals surface area (Å²) in [6, 6.07) is 30.9. The molecule has 0 saturated carbocycles. The molecule has 11 heteroatoms. The highest BCUT2D eigenvalue weighted by Gasteiger charge is 2.17. The zero-order chi connectivity index (χ0) is 35.4. The van der Waals surface area contributed by atoms with E-state index >= 15 is 0 Å². The first kappa shape index (κ1) is 38.3.